The third-order valence-electron chi connectivity index (χ3n) is 2.07. The summed E-state index contributed by atoms with van der Waals surface area (Å²) in [6.07, 6.45) is 0. The Kier molecular flexibility index (Phi) is 2.37. The van der Waals surface area contributed by atoms with E-state index in [-0.39, 0.29) is 16.9 Å². The molecule has 0 fully saturated rings. The molecule has 15 heavy (non-hydrogen) atoms. The summed E-state index contributed by atoms with van der Waals surface area (Å²) >= 11 is 0. The molecule has 0 unspecified atom stereocenters. The maximum atomic E-state index is 13.4. The molecule has 0 atom stereocenters. The maximum absolute atomic E-state index is 13.4. The second kappa shape index (κ2) is 3.69. The second-order valence-corrected chi connectivity index (χ2v) is 3.03. The summed E-state index contributed by atoms with van der Waals surface area (Å²) in [5, 5.41) is 9.42. The van der Waals surface area contributed by atoms with E-state index < -0.39 is 11.6 Å². The van der Waals surface area contributed by atoms with Crippen LogP contribution in [0.1, 0.15) is 0 Å². The highest BCUT2D eigenvalue weighted by Crippen LogP contribution is 2.32. The molecule has 0 bridgehead atoms. The van der Waals surface area contributed by atoms with Crippen LogP contribution in [0, 0.1) is 17.7 Å². The van der Waals surface area contributed by atoms with E-state index in [1.54, 1.807) is 6.07 Å². The standard InChI is InChI=1S/C12H7F2O/c13-9-5-3-6-10(14)12(9)8-4-1-2-7-11(8)15/h1-6,15H. The molecule has 2 rings (SSSR count). The highest BCUT2D eigenvalue weighted by Gasteiger charge is 2.13. The second-order valence-electron chi connectivity index (χ2n) is 3.03. The minimum absolute atomic E-state index is 0.105. The van der Waals surface area contributed by atoms with Gasteiger partial charge in [0.15, 0.2) is 0 Å². The average molecular weight is 205 g/mol. The lowest BCUT2D eigenvalue weighted by Gasteiger charge is -2.06. The number of hydrogen-bond acceptors (Lipinski definition) is 1. The average Bonchev–Trinajstić information content (AvgIpc) is 2.20. The van der Waals surface area contributed by atoms with Gasteiger partial charge in [-0.25, -0.2) is 8.78 Å². The molecule has 1 radical (unpaired) electrons. The third kappa shape index (κ3) is 1.68. The molecule has 0 aliphatic heterocycles. The van der Waals surface area contributed by atoms with Crippen molar-refractivity contribution in [1.29, 1.82) is 0 Å². The monoisotopic (exact) mass is 205 g/mol. The first kappa shape index (κ1) is 9.65. The van der Waals surface area contributed by atoms with Crippen LogP contribution < -0.4 is 0 Å². The molecule has 0 aromatic heterocycles. The lowest BCUT2D eigenvalue weighted by atomic mass is 10.0. The maximum Gasteiger partial charge on any atom is 0.134 e. The van der Waals surface area contributed by atoms with E-state index in [0.29, 0.717) is 0 Å². The Bertz CT molecular complexity index is 474. The van der Waals surface area contributed by atoms with Crippen molar-refractivity contribution >= 4 is 0 Å². The van der Waals surface area contributed by atoms with Crippen LogP contribution in [0.3, 0.4) is 0 Å². The normalized spacial score (nSPS) is 10.3. The molecular weight excluding hydrogens is 198 g/mol. The van der Waals surface area contributed by atoms with E-state index >= 15 is 0 Å². The first-order valence-corrected chi connectivity index (χ1v) is 4.34. The molecule has 0 saturated carbocycles. The van der Waals surface area contributed by atoms with Gasteiger partial charge in [-0.05, 0) is 12.1 Å². The number of aromatic hydroxyl groups is 1. The molecule has 0 aliphatic rings. The summed E-state index contributed by atoms with van der Waals surface area (Å²) in [6.45, 7) is 0. The molecule has 1 nitrogen and oxygen atoms in total. The number of benzene rings is 2. The first-order chi connectivity index (χ1) is 7.20. The number of rotatable bonds is 1. The van der Waals surface area contributed by atoms with Crippen molar-refractivity contribution in [2.45, 2.75) is 0 Å². The van der Waals surface area contributed by atoms with Crippen molar-refractivity contribution in [2.75, 3.05) is 0 Å². The van der Waals surface area contributed by atoms with Gasteiger partial charge in [0.2, 0.25) is 0 Å². The predicted octanol–water partition coefficient (Wildman–Crippen LogP) is 3.14. The molecule has 1 N–H and O–H groups in total. The Hall–Kier alpha value is -1.90. The number of phenolic OH excluding ortho intramolecular Hbond substituents is 1. The van der Waals surface area contributed by atoms with Crippen molar-refractivity contribution in [2.24, 2.45) is 0 Å². The molecule has 0 saturated heterocycles. The van der Waals surface area contributed by atoms with Crippen LogP contribution in [0.15, 0.2) is 36.4 Å². The quantitative estimate of drug-likeness (QED) is 0.758. The smallest absolute Gasteiger partial charge is 0.134 e. The molecule has 2 aromatic rings. The SMILES string of the molecule is Oc1[c]cccc1-c1c(F)cccc1F. The van der Waals surface area contributed by atoms with E-state index in [9.17, 15) is 13.9 Å². The van der Waals surface area contributed by atoms with Gasteiger partial charge in [0.05, 0.1) is 5.56 Å². The first-order valence-electron chi connectivity index (χ1n) is 4.34. The summed E-state index contributed by atoms with van der Waals surface area (Å²) in [6, 6.07) is 10.5. The molecule has 0 heterocycles. The van der Waals surface area contributed by atoms with Crippen molar-refractivity contribution < 1.29 is 13.9 Å². The Morgan fingerprint density at radius 3 is 2.27 bits per heavy atom. The number of phenols is 1. The van der Waals surface area contributed by atoms with Gasteiger partial charge in [-0.15, -0.1) is 0 Å². The molecule has 2 aromatic carbocycles. The van der Waals surface area contributed by atoms with E-state index in [0.717, 1.165) is 12.1 Å². The summed E-state index contributed by atoms with van der Waals surface area (Å²) < 4.78 is 26.7. The number of hydrogen-bond donors (Lipinski definition) is 1. The zero-order valence-corrected chi connectivity index (χ0v) is 7.67. The highest BCUT2D eigenvalue weighted by atomic mass is 19.1. The van der Waals surface area contributed by atoms with Gasteiger partial charge in [0.25, 0.3) is 0 Å². The largest absolute Gasteiger partial charge is 0.507 e. The number of halogens is 2. The minimum Gasteiger partial charge on any atom is -0.507 e. The Labute approximate surface area is 85.6 Å². The molecule has 0 amide bonds. The van der Waals surface area contributed by atoms with Crippen molar-refractivity contribution in [3.63, 3.8) is 0 Å². The van der Waals surface area contributed by atoms with Crippen molar-refractivity contribution in [3.8, 4) is 16.9 Å². The van der Waals surface area contributed by atoms with Gasteiger partial charge < -0.3 is 5.11 Å². The predicted molar refractivity (Wildman–Crippen MR) is 52.3 cm³/mol. The fourth-order valence-electron chi connectivity index (χ4n) is 1.38. The summed E-state index contributed by atoms with van der Waals surface area (Å²) in [5.74, 6) is -1.67. The van der Waals surface area contributed by atoms with Gasteiger partial charge in [-0.2, -0.15) is 0 Å². The van der Waals surface area contributed by atoms with Crippen molar-refractivity contribution in [3.05, 3.63) is 54.1 Å². The van der Waals surface area contributed by atoms with Crippen molar-refractivity contribution in [1.82, 2.24) is 0 Å². The summed E-state index contributed by atoms with van der Waals surface area (Å²) in [4.78, 5) is 0. The van der Waals surface area contributed by atoms with Crippen LogP contribution in [0.25, 0.3) is 11.1 Å². The van der Waals surface area contributed by atoms with Crippen LogP contribution in [0.2, 0.25) is 0 Å². The van der Waals surface area contributed by atoms with Crippen LogP contribution in [0.5, 0.6) is 5.75 Å². The van der Waals surface area contributed by atoms with Gasteiger partial charge in [0.1, 0.15) is 17.4 Å². The Morgan fingerprint density at radius 2 is 1.67 bits per heavy atom. The number of para-hydroxylation sites is 1. The van der Waals surface area contributed by atoms with Gasteiger partial charge in [-0.1, -0.05) is 24.3 Å². The fraction of sp³-hybridized carbons (Fsp3) is 0. The van der Waals surface area contributed by atoms with Crippen LogP contribution >= 0.6 is 0 Å². The molecule has 75 valence electrons. The molecule has 0 spiro atoms. The zero-order valence-electron chi connectivity index (χ0n) is 7.67. The minimum atomic E-state index is -0.704. The van der Waals surface area contributed by atoms with E-state index in [1.807, 2.05) is 0 Å². The van der Waals surface area contributed by atoms with E-state index in [1.165, 1.54) is 18.2 Å². The van der Waals surface area contributed by atoms with Crippen LogP contribution in [-0.2, 0) is 0 Å². The molecule has 0 aliphatic carbocycles. The van der Waals surface area contributed by atoms with Crippen LogP contribution in [-0.4, -0.2) is 5.11 Å². The summed E-state index contributed by atoms with van der Waals surface area (Å²) in [7, 11) is 0. The van der Waals surface area contributed by atoms with E-state index in [2.05, 4.69) is 6.07 Å². The third-order valence-corrected chi connectivity index (χ3v) is 2.07. The van der Waals surface area contributed by atoms with Gasteiger partial charge in [-0.3, -0.25) is 0 Å². The highest BCUT2D eigenvalue weighted by molar-refractivity contribution is 5.70. The van der Waals surface area contributed by atoms with Gasteiger partial charge in [0, 0.05) is 11.6 Å². The Balaban J connectivity index is 2.69. The van der Waals surface area contributed by atoms with E-state index in [4.69, 9.17) is 0 Å². The Morgan fingerprint density at radius 1 is 1.00 bits per heavy atom. The topological polar surface area (TPSA) is 20.2 Å². The summed E-state index contributed by atoms with van der Waals surface area (Å²) in [5.41, 5.74) is -0.125. The van der Waals surface area contributed by atoms with Crippen LogP contribution in [0.4, 0.5) is 8.78 Å². The fourth-order valence-corrected chi connectivity index (χ4v) is 1.38. The lowest BCUT2D eigenvalue weighted by Crippen LogP contribution is -1.89. The molecular formula is C12H7F2O. The lowest BCUT2D eigenvalue weighted by molar-refractivity contribution is 0.474. The molecule has 3 heteroatoms. The zero-order chi connectivity index (χ0) is 10.8. The van der Waals surface area contributed by atoms with Gasteiger partial charge >= 0.3 is 0 Å².